The standard InChI is InChI=1S/C25H23N5O5S2/c1-34-16-5-7-18-22(11-16)36-25(29-18)20(10-14-3-2-4-15(9-14)24(26)27)30-37(32,33)17-6-8-21-19(12-17)28-23(31)13-35-21/h2-9,11-12,20,30H,10,13H2,1H3,(H3,26,27)(H,28,31). The third kappa shape index (κ3) is 5.26. The maximum atomic E-state index is 13.5. The van der Waals surface area contributed by atoms with E-state index < -0.39 is 16.1 Å². The number of nitrogens with zero attached hydrogens (tertiary/aromatic N) is 1. The first-order chi connectivity index (χ1) is 17.7. The number of nitrogen functional groups attached to an aromatic ring is 1. The molecular formula is C25H23N5O5S2. The molecular weight excluding hydrogens is 514 g/mol. The molecule has 0 bridgehead atoms. The molecule has 10 nitrogen and oxygen atoms in total. The van der Waals surface area contributed by atoms with Crippen LogP contribution in [0.5, 0.6) is 11.5 Å². The summed E-state index contributed by atoms with van der Waals surface area (Å²) in [5.41, 5.74) is 7.98. The lowest BCUT2D eigenvalue weighted by molar-refractivity contribution is -0.118. The number of methoxy groups -OCH3 is 1. The number of thiazole rings is 1. The molecule has 37 heavy (non-hydrogen) atoms. The summed E-state index contributed by atoms with van der Waals surface area (Å²) in [4.78, 5) is 16.4. The van der Waals surface area contributed by atoms with E-state index >= 15 is 0 Å². The molecule has 190 valence electrons. The highest BCUT2D eigenvalue weighted by Gasteiger charge is 2.27. The number of amides is 1. The fourth-order valence-corrected chi connectivity index (χ4v) is 6.31. The highest BCUT2D eigenvalue weighted by molar-refractivity contribution is 7.89. The predicted octanol–water partition coefficient (Wildman–Crippen LogP) is 3.18. The number of hydrogen-bond donors (Lipinski definition) is 4. The van der Waals surface area contributed by atoms with E-state index in [0.717, 1.165) is 15.8 Å². The van der Waals surface area contributed by atoms with Crippen molar-refractivity contribution >= 4 is 49.0 Å². The molecule has 0 aliphatic carbocycles. The number of nitrogens with one attached hydrogen (secondary N) is 3. The third-order valence-corrected chi connectivity index (χ3v) is 8.38. The highest BCUT2D eigenvalue weighted by Crippen LogP contribution is 2.34. The Bertz CT molecular complexity index is 1630. The van der Waals surface area contributed by atoms with Crippen LogP contribution in [0.4, 0.5) is 5.69 Å². The first-order valence-corrected chi connectivity index (χ1v) is 13.5. The second-order valence-corrected chi connectivity index (χ2v) is 11.1. The van der Waals surface area contributed by atoms with Crippen molar-refractivity contribution in [1.82, 2.24) is 9.71 Å². The largest absolute Gasteiger partial charge is 0.497 e. The van der Waals surface area contributed by atoms with E-state index in [1.807, 2.05) is 18.2 Å². The Labute approximate surface area is 217 Å². The van der Waals surface area contributed by atoms with Crippen LogP contribution in [0, 0.1) is 5.41 Å². The van der Waals surface area contributed by atoms with Crippen molar-refractivity contribution in [3.63, 3.8) is 0 Å². The van der Waals surface area contributed by atoms with Gasteiger partial charge in [0, 0.05) is 5.56 Å². The molecule has 0 saturated heterocycles. The van der Waals surface area contributed by atoms with E-state index in [4.69, 9.17) is 25.6 Å². The van der Waals surface area contributed by atoms with Gasteiger partial charge in [-0.2, -0.15) is 0 Å². The number of rotatable bonds is 8. The number of hydrogen-bond acceptors (Lipinski definition) is 8. The maximum absolute atomic E-state index is 13.5. The van der Waals surface area contributed by atoms with Crippen LogP contribution in [0.25, 0.3) is 10.2 Å². The number of carbonyl (C=O) groups is 1. The summed E-state index contributed by atoms with van der Waals surface area (Å²) in [5.74, 6) is 0.635. The number of amidine groups is 1. The molecule has 2 heterocycles. The third-order valence-electron chi connectivity index (χ3n) is 5.78. The average molecular weight is 538 g/mol. The number of anilines is 1. The lowest BCUT2D eigenvalue weighted by Gasteiger charge is -2.20. The van der Waals surface area contributed by atoms with E-state index in [2.05, 4.69) is 10.0 Å². The first-order valence-electron chi connectivity index (χ1n) is 11.2. The summed E-state index contributed by atoms with van der Waals surface area (Å²) in [5, 5.41) is 10.9. The molecule has 1 unspecified atom stereocenters. The summed E-state index contributed by atoms with van der Waals surface area (Å²) < 4.78 is 41.3. The smallest absolute Gasteiger partial charge is 0.262 e. The van der Waals surface area contributed by atoms with E-state index in [9.17, 15) is 13.2 Å². The van der Waals surface area contributed by atoms with Crippen LogP contribution in [0.2, 0.25) is 0 Å². The van der Waals surface area contributed by atoms with Crippen molar-refractivity contribution < 1.29 is 22.7 Å². The molecule has 1 aliphatic heterocycles. The van der Waals surface area contributed by atoms with E-state index in [1.54, 1.807) is 31.4 Å². The van der Waals surface area contributed by atoms with Gasteiger partial charge in [-0.1, -0.05) is 18.2 Å². The van der Waals surface area contributed by atoms with Crippen molar-refractivity contribution in [2.24, 2.45) is 5.73 Å². The van der Waals surface area contributed by atoms with Gasteiger partial charge in [0.1, 0.15) is 22.3 Å². The lowest BCUT2D eigenvalue weighted by Crippen LogP contribution is -2.31. The first kappa shape index (κ1) is 24.7. The van der Waals surface area contributed by atoms with Gasteiger partial charge in [0.15, 0.2) is 6.61 Å². The number of fused-ring (bicyclic) bond motifs is 2. The van der Waals surface area contributed by atoms with Gasteiger partial charge in [-0.3, -0.25) is 10.2 Å². The maximum Gasteiger partial charge on any atom is 0.262 e. The van der Waals surface area contributed by atoms with E-state index in [1.165, 1.54) is 29.5 Å². The average Bonchev–Trinajstić information content (AvgIpc) is 3.31. The molecule has 5 rings (SSSR count). The zero-order valence-corrected chi connectivity index (χ0v) is 21.3. The summed E-state index contributed by atoms with van der Waals surface area (Å²) in [6.45, 7) is -0.124. The molecule has 12 heteroatoms. The highest BCUT2D eigenvalue weighted by atomic mass is 32.2. The molecule has 5 N–H and O–H groups in total. The minimum absolute atomic E-state index is 0.0256. The van der Waals surface area contributed by atoms with Gasteiger partial charge in [0.05, 0.1) is 34.0 Å². The Balaban J connectivity index is 1.52. The van der Waals surface area contributed by atoms with Crippen LogP contribution in [-0.2, 0) is 21.2 Å². The van der Waals surface area contributed by atoms with Crippen LogP contribution in [0.15, 0.2) is 65.6 Å². The number of sulfonamides is 1. The Kier molecular flexibility index (Phi) is 6.54. The Morgan fingerprint density at radius 3 is 2.86 bits per heavy atom. The summed E-state index contributed by atoms with van der Waals surface area (Å²) >= 11 is 1.36. The minimum Gasteiger partial charge on any atom is -0.497 e. The molecule has 1 aliphatic rings. The van der Waals surface area contributed by atoms with E-state index in [0.29, 0.717) is 22.1 Å². The Hall–Kier alpha value is -4.00. The number of carbonyl (C=O) groups excluding carboxylic acids is 1. The second kappa shape index (κ2) is 9.81. The zero-order valence-electron chi connectivity index (χ0n) is 19.6. The molecule has 1 amide bonds. The predicted molar refractivity (Wildman–Crippen MR) is 141 cm³/mol. The molecule has 4 aromatic rings. The summed E-state index contributed by atoms with van der Waals surface area (Å²) in [6, 6.07) is 16.1. The van der Waals surface area contributed by atoms with Crippen molar-refractivity contribution in [3.8, 4) is 11.5 Å². The van der Waals surface area contributed by atoms with Crippen molar-refractivity contribution in [3.05, 3.63) is 76.8 Å². The monoisotopic (exact) mass is 537 g/mol. The van der Waals surface area contributed by atoms with Gasteiger partial charge in [0.25, 0.3) is 5.91 Å². The van der Waals surface area contributed by atoms with Gasteiger partial charge < -0.3 is 20.5 Å². The minimum atomic E-state index is -4.04. The molecule has 1 atom stereocenters. The summed E-state index contributed by atoms with van der Waals surface area (Å²) in [6.07, 6.45) is 0.266. The SMILES string of the molecule is COc1ccc2nc(C(Cc3cccc(C(=N)N)c3)NS(=O)(=O)c3ccc4c(c3)NC(=O)CO4)sc2c1. The van der Waals surface area contributed by atoms with Crippen molar-refractivity contribution in [2.45, 2.75) is 17.4 Å². The number of aromatic nitrogens is 1. The van der Waals surface area contributed by atoms with Crippen molar-refractivity contribution in [1.29, 1.82) is 5.41 Å². The normalized spacial score (nSPS) is 13.9. The molecule has 0 radical (unpaired) electrons. The van der Waals surface area contributed by atoms with Gasteiger partial charge in [-0.05, 0) is 54.4 Å². The number of ether oxygens (including phenoxy) is 2. The van der Waals surface area contributed by atoms with Crippen LogP contribution < -0.4 is 25.2 Å². The molecule has 3 aromatic carbocycles. The van der Waals surface area contributed by atoms with Crippen LogP contribution >= 0.6 is 11.3 Å². The Morgan fingerprint density at radius 2 is 2.08 bits per heavy atom. The van der Waals surface area contributed by atoms with Gasteiger partial charge in [-0.15, -0.1) is 11.3 Å². The quantitative estimate of drug-likeness (QED) is 0.199. The molecule has 1 aromatic heterocycles. The van der Waals surface area contributed by atoms with E-state index in [-0.39, 0.29) is 35.4 Å². The molecule has 0 spiro atoms. The summed E-state index contributed by atoms with van der Waals surface area (Å²) in [7, 11) is -2.46. The van der Waals surface area contributed by atoms with Crippen LogP contribution in [0.1, 0.15) is 22.2 Å². The fourth-order valence-electron chi connectivity index (χ4n) is 3.96. The lowest BCUT2D eigenvalue weighted by atomic mass is 10.0. The van der Waals surface area contributed by atoms with Gasteiger partial charge >= 0.3 is 0 Å². The fraction of sp³-hybridized carbons (Fsp3) is 0.160. The van der Waals surface area contributed by atoms with Crippen LogP contribution in [0.3, 0.4) is 0 Å². The van der Waals surface area contributed by atoms with Gasteiger partial charge in [0.2, 0.25) is 10.0 Å². The zero-order chi connectivity index (χ0) is 26.2. The topological polar surface area (TPSA) is 156 Å². The second-order valence-electron chi connectivity index (χ2n) is 8.37. The number of nitrogens with two attached hydrogens (primary N) is 1. The number of benzene rings is 3. The Morgan fingerprint density at radius 1 is 1.24 bits per heavy atom. The van der Waals surface area contributed by atoms with Gasteiger partial charge in [-0.25, -0.2) is 18.1 Å². The van der Waals surface area contributed by atoms with Crippen LogP contribution in [-0.4, -0.2) is 38.9 Å². The molecule has 0 fully saturated rings. The molecule has 0 saturated carbocycles. The van der Waals surface area contributed by atoms with Crippen molar-refractivity contribution in [2.75, 3.05) is 19.0 Å².